The first-order valence-electron chi connectivity index (χ1n) is 7.19. The highest BCUT2D eigenvalue weighted by Crippen LogP contribution is 2.47. The predicted molar refractivity (Wildman–Crippen MR) is 87.3 cm³/mol. The lowest BCUT2D eigenvalue weighted by atomic mass is 10.2. The summed E-state index contributed by atoms with van der Waals surface area (Å²) >= 11 is 1.76. The second-order valence-corrected chi connectivity index (χ2v) is 6.06. The van der Waals surface area contributed by atoms with Crippen molar-refractivity contribution in [3.05, 3.63) is 48.5 Å². The highest BCUT2D eigenvalue weighted by Gasteiger charge is 2.24. The number of amides is 1. The van der Waals surface area contributed by atoms with Crippen LogP contribution >= 0.6 is 11.8 Å². The minimum Gasteiger partial charge on any atom is -0.355 e. The van der Waals surface area contributed by atoms with E-state index in [1.165, 1.54) is 9.79 Å². The summed E-state index contributed by atoms with van der Waals surface area (Å²) in [6.45, 7) is 3.14. The standard InChI is InChI=1S/C17H18N2OS/c1-2-11-18-17(20)12-19-13-7-3-5-9-15(13)21-16-10-6-4-8-14(16)19/h3-10H,2,11-12H2,1H3,(H,18,20). The third-order valence-corrected chi connectivity index (χ3v) is 4.54. The molecule has 1 aliphatic rings. The summed E-state index contributed by atoms with van der Waals surface area (Å²) in [4.78, 5) is 16.6. The second-order valence-electron chi connectivity index (χ2n) is 4.97. The van der Waals surface area contributed by atoms with E-state index in [4.69, 9.17) is 0 Å². The number of hydrogen-bond acceptors (Lipinski definition) is 3. The second kappa shape index (κ2) is 6.22. The van der Waals surface area contributed by atoms with Gasteiger partial charge in [-0.1, -0.05) is 43.0 Å². The Kier molecular flexibility index (Phi) is 4.15. The van der Waals surface area contributed by atoms with Gasteiger partial charge in [-0.3, -0.25) is 4.79 Å². The van der Waals surface area contributed by atoms with Crippen LogP contribution in [0.3, 0.4) is 0 Å². The zero-order valence-electron chi connectivity index (χ0n) is 12.0. The Balaban J connectivity index is 1.93. The Morgan fingerprint density at radius 1 is 1.05 bits per heavy atom. The highest BCUT2D eigenvalue weighted by atomic mass is 32.2. The van der Waals surface area contributed by atoms with E-state index in [0.717, 1.165) is 24.3 Å². The summed E-state index contributed by atoms with van der Waals surface area (Å²) in [5.41, 5.74) is 2.21. The van der Waals surface area contributed by atoms with Gasteiger partial charge < -0.3 is 10.2 Å². The third kappa shape index (κ3) is 2.90. The van der Waals surface area contributed by atoms with E-state index < -0.39 is 0 Å². The Morgan fingerprint density at radius 2 is 1.62 bits per heavy atom. The summed E-state index contributed by atoms with van der Waals surface area (Å²) in [7, 11) is 0. The first kappa shape index (κ1) is 14.0. The molecule has 21 heavy (non-hydrogen) atoms. The zero-order valence-corrected chi connectivity index (χ0v) is 12.8. The van der Waals surface area contributed by atoms with Crippen LogP contribution in [0.2, 0.25) is 0 Å². The number of para-hydroxylation sites is 2. The molecule has 3 rings (SSSR count). The molecular formula is C17H18N2OS. The fraction of sp³-hybridized carbons (Fsp3) is 0.235. The minimum absolute atomic E-state index is 0.0633. The van der Waals surface area contributed by atoms with Crippen LogP contribution in [0.15, 0.2) is 58.3 Å². The van der Waals surface area contributed by atoms with Crippen molar-refractivity contribution >= 4 is 29.0 Å². The van der Waals surface area contributed by atoms with Crippen molar-refractivity contribution in [2.45, 2.75) is 23.1 Å². The summed E-state index contributed by atoms with van der Waals surface area (Å²) < 4.78 is 0. The summed E-state index contributed by atoms with van der Waals surface area (Å²) in [6.07, 6.45) is 0.953. The third-order valence-electron chi connectivity index (χ3n) is 3.41. The lowest BCUT2D eigenvalue weighted by Crippen LogP contribution is -2.36. The number of hydrogen-bond donors (Lipinski definition) is 1. The van der Waals surface area contributed by atoms with Crippen LogP contribution in [0, 0.1) is 0 Å². The molecule has 0 spiro atoms. The van der Waals surface area contributed by atoms with Gasteiger partial charge in [-0.2, -0.15) is 0 Å². The maximum atomic E-state index is 12.1. The van der Waals surface area contributed by atoms with E-state index in [1.807, 2.05) is 24.3 Å². The van der Waals surface area contributed by atoms with E-state index in [9.17, 15) is 4.79 Å². The molecule has 3 nitrogen and oxygen atoms in total. The number of fused-ring (bicyclic) bond motifs is 2. The average molecular weight is 298 g/mol. The van der Waals surface area contributed by atoms with Crippen LogP contribution in [0.4, 0.5) is 11.4 Å². The molecule has 0 bridgehead atoms. The van der Waals surface area contributed by atoms with Gasteiger partial charge in [-0.05, 0) is 30.7 Å². The lowest BCUT2D eigenvalue weighted by Gasteiger charge is -2.32. The molecular weight excluding hydrogens is 280 g/mol. The van der Waals surface area contributed by atoms with Crippen LogP contribution in [0.25, 0.3) is 0 Å². The molecule has 108 valence electrons. The molecule has 0 radical (unpaired) electrons. The number of carbonyl (C=O) groups is 1. The largest absolute Gasteiger partial charge is 0.355 e. The normalized spacial score (nSPS) is 12.5. The first-order chi connectivity index (χ1) is 10.3. The molecule has 0 atom stereocenters. The van der Waals surface area contributed by atoms with Crippen molar-refractivity contribution in [1.82, 2.24) is 5.32 Å². The maximum Gasteiger partial charge on any atom is 0.239 e. The van der Waals surface area contributed by atoms with Gasteiger partial charge in [0.25, 0.3) is 0 Å². The Hall–Kier alpha value is -1.94. The number of nitrogens with zero attached hydrogens (tertiary/aromatic N) is 1. The van der Waals surface area contributed by atoms with Crippen molar-refractivity contribution in [2.75, 3.05) is 18.0 Å². The van der Waals surface area contributed by atoms with Gasteiger partial charge in [0.1, 0.15) is 6.54 Å². The van der Waals surface area contributed by atoms with Gasteiger partial charge >= 0.3 is 0 Å². The van der Waals surface area contributed by atoms with E-state index in [-0.39, 0.29) is 5.91 Å². The molecule has 0 aliphatic carbocycles. The quantitative estimate of drug-likeness (QED) is 0.931. The Bertz CT molecular complexity index is 611. The van der Waals surface area contributed by atoms with Crippen LogP contribution in [-0.4, -0.2) is 19.0 Å². The van der Waals surface area contributed by atoms with Gasteiger partial charge in [0.15, 0.2) is 0 Å². The molecule has 1 heterocycles. The smallest absolute Gasteiger partial charge is 0.239 e. The van der Waals surface area contributed by atoms with E-state index >= 15 is 0 Å². The van der Waals surface area contributed by atoms with Crippen LogP contribution in [0.5, 0.6) is 0 Å². The van der Waals surface area contributed by atoms with E-state index in [0.29, 0.717) is 6.54 Å². The molecule has 2 aromatic rings. The van der Waals surface area contributed by atoms with Crippen LogP contribution < -0.4 is 10.2 Å². The van der Waals surface area contributed by atoms with Gasteiger partial charge in [0.2, 0.25) is 5.91 Å². The highest BCUT2D eigenvalue weighted by molar-refractivity contribution is 7.99. The molecule has 1 amide bonds. The average Bonchev–Trinajstić information content (AvgIpc) is 2.52. The fourth-order valence-corrected chi connectivity index (χ4v) is 3.51. The van der Waals surface area contributed by atoms with Crippen molar-refractivity contribution in [1.29, 1.82) is 0 Å². The van der Waals surface area contributed by atoms with E-state index in [2.05, 4.69) is 41.4 Å². The van der Waals surface area contributed by atoms with Crippen molar-refractivity contribution < 1.29 is 4.79 Å². The Morgan fingerprint density at radius 3 is 2.19 bits per heavy atom. The number of nitrogens with one attached hydrogen (secondary N) is 1. The molecule has 2 aromatic carbocycles. The van der Waals surface area contributed by atoms with Crippen molar-refractivity contribution in [2.24, 2.45) is 0 Å². The molecule has 1 N–H and O–H groups in total. The summed E-state index contributed by atoms with van der Waals surface area (Å²) in [5.74, 6) is 0.0633. The van der Waals surface area contributed by atoms with Gasteiger partial charge in [0, 0.05) is 16.3 Å². The van der Waals surface area contributed by atoms with Crippen LogP contribution in [0.1, 0.15) is 13.3 Å². The number of carbonyl (C=O) groups excluding carboxylic acids is 1. The van der Waals surface area contributed by atoms with E-state index in [1.54, 1.807) is 11.8 Å². The molecule has 0 fully saturated rings. The molecule has 4 heteroatoms. The summed E-state index contributed by atoms with van der Waals surface area (Å²) in [6, 6.07) is 16.5. The number of rotatable bonds is 4. The lowest BCUT2D eigenvalue weighted by molar-refractivity contribution is -0.119. The topological polar surface area (TPSA) is 32.3 Å². The van der Waals surface area contributed by atoms with Crippen molar-refractivity contribution in [3.8, 4) is 0 Å². The molecule has 1 aliphatic heterocycles. The van der Waals surface area contributed by atoms with Gasteiger partial charge in [-0.25, -0.2) is 0 Å². The zero-order chi connectivity index (χ0) is 14.7. The molecule has 0 saturated heterocycles. The molecule has 0 unspecified atom stereocenters. The minimum atomic E-state index is 0.0633. The van der Waals surface area contributed by atoms with Crippen molar-refractivity contribution in [3.63, 3.8) is 0 Å². The Labute approximate surface area is 129 Å². The first-order valence-corrected chi connectivity index (χ1v) is 8.01. The number of anilines is 2. The number of benzene rings is 2. The monoisotopic (exact) mass is 298 g/mol. The fourth-order valence-electron chi connectivity index (χ4n) is 2.42. The molecule has 0 aromatic heterocycles. The summed E-state index contributed by atoms with van der Waals surface area (Å²) in [5, 5.41) is 2.95. The van der Waals surface area contributed by atoms with Crippen LogP contribution in [-0.2, 0) is 4.79 Å². The predicted octanol–water partition coefficient (Wildman–Crippen LogP) is 3.82. The van der Waals surface area contributed by atoms with Gasteiger partial charge in [0.05, 0.1) is 11.4 Å². The molecule has 0 saturated carbocycles. The maximum absolute atomic E-state index is 12.1. The van der Waals surface area contributed by atoms with Gasteiger partial charge in [-0.15, -0.1) is 0 Å². The SMILES string of the molecule is CCCNC(=O)CN1c2ccccc2Sc2ccccc21.